The van der Waals surface area contributed by atoms with Crippen molar-refractivity contribution in [2.75, 3.05) is 13.1 Å². The standard InChI is InChI=1S/C33H34ClN3O2/c34-27-5-4-6-28-30(27)31(39)35-32-33(15-2-1-3-16-33)26-12-11-25(19-29(26)37(28)32)24-13-17-36(18-14-24)20-22-7-9-23(21-38)10-8-22/h4-12,19,24,38H,1-3,13-18,20-21H2. The molecule has 1 spiro atoms. The number of hydrogen-bond donors (Lipinski definition) is 1. The molecular formula is C33H34ClN3O2. The van der Waals surface area contributed by atoms with Crippen molar-refractivity contribution in [3.05, 3.63) is 104 Å². The highest BCUT2D eigenvalue weighted by Crippen LogP contribution is 2.52. The summed E-state index contributed by atoms with van der Waals surface area (Å²) in [5, 5.41) is 10.3. The van der Waals surface area contributed by atoms with E-state index >= 15 is 0 Å². The lowest BCUT2D eigenvalue weighted by Crippen LogP contribution is -2.32. The van der Waals surface area contributed by atoms with E-state index in [1.807, 2.05) is 24.3 Å². The van der Waals surface area contributed by atoms with Crippen LogP contribution in [-0.4, -0.2) is 32.6 Å². The third-order valence-electron chi connectivity index (χ3n) is 9.45. The van der Waals surface area contributed by atoms with Crippen LogP contribution in [0.4, 0.5) is 0 Å². The van der Waals surface area contributed by atoms with Crippen molar-refractivity contribution in [3.63, 3.8) is 0 Å². The second-order valence-electron chi connectivity index (χ2n) is 11.7. The summed E-state index contributed by atoms with van der Waals surface area (Å²) < 4.78 is 2.26. The summed E-state index contributed by atoms with van der Waals surface area (Å²) in [5.41, 5.74) is 6.64. The Hall–Kier alpha value is -2.99. The molecule has 2 fully saturated rings. The zero-order valence-electron chi connectivity index (χ0n) is 22.2. The van der Waals surface area contributed by atoms with Crippen LogP contribution in [-0.2, 0) is 18.6 Å². The topological polar surface area (TPSA) is 58.4 Å². The fourth-order valence-electron chi connectivity index (χ4n) is 7.39. The molecule has 200 valence electrons. The Morgan fingerprint density at radius 3 is 2.44 bits per heavy atom. The number of rotatable bonds is 4. The SMILES string of the molecule is O=c1nc2n(c3cccc(Cl)c13)-c1cc(C3CCN(Cc4ccc(CO)cc4)CC3)ccc1C21CCCCC1. The first-order valence-electron chi connectivity index (χ1n) is 14.3. The minimum Gasteiger partial charge on any atom is -0.392 e. The Morgan fingerprint density at radius 2 is 1.69 bits per heavy atom. The molecule has 1 aliphatic carbocycles. The van der Waals surface area contributed by atoms with Crippen molar-refractivity contribution in [3.8, 4) is 5.69 Å². The average Bonchev–Trinajstić information content (AvgIpc) is 3.22. The quantitative estimate of drug-likeness (QED) is 0.323. The van der Waals surface area contributed by atoms with Gasteiger partial charge in [0.15, 0.2) is 0 Å². The summed E-state index contributed by atoms with van der Waals surface area (Å²) >= 11 is 6.54. The Morgan fingerprint density at radius 1 is 0.949 bits per heavy atom. The molecular weight excluding hydrogens is 506 g/mol. The smallest absolute Gasteiger partial charge is 0.282 e. The molecule has 6 heteroatoms. The van der Waals surface area contributed by atoms with Crippen LogP contribution in [0.2, 0.25) is 5.02 Å². The molecule has 1 N–H and O–H groups in total. The predicted octanol–water partition coefficient (Wildman–Crippen LogP) is 6.47. The van der Waals surface area contributed by atoms with Crippen molar-refractivity contribution >= 4 is 22.5 Å². The van der Waals surface area contributed by atoms with Gasteiger partial charge in [-0.05, 0) is 85.1 Å². The molecule has 4 aromatic rings. The van der Waals surface area contributed by atoms with Gasteiger partial charge in [0.05, 0.1) is 33.6 Å². The lowest BCUT2D eigenvalue weighted by molar-refractivity contribution is 0.204. The van der Waals surface area contributed by atoms with Crippen LogP contribution >= 0.6 is 11.6 Å². The van der Waals surface area contributed by atoms with E-state index in [-0.39, 0.29) is 17.6 Å². The van der Waals surface area contributed by atoms with Gasteiger partial charge in [-0.1, -0.05) is 73.3 Å². The molecule has 3 aromatic carbocycles. The van der Waals surface area contributed by atoms with Crippen molar-refractivity contribution in [2.45, 2.75) is 69.4 Å². The molecule has 0 radical (unpaired) electrons. The van der Waals surface area contributed by atoms with Gasteiger partial charge in [-0.25, -0.2) is 0 Å². The molecule has 0 amide bonds. The van der Waals surface area contributed by atoms with Crippen molar-refractivity contribution in [1.29, 1.82) is 0 Å². The highest BCUT2D eigenvalue weighted by molar-refractivity contribution is 6.35. The lowest BCUT2D eigenvalue weighted by atomic mass is 9.69. The number of aromatic nitrogens is 2. The number of halogens is 1. The van der Waals surface area contributed by atoms with E-state index in [1.165, 1.54) is 28.8 Å². The molecule has 1 saturated carbocycles. The number of aliphatic hydroxyl groups excluding tert-OH is 1. The Kier molecular flexibility index (Phi) is 6.34. The van der Waals surface area contributed by atoms with E-state index in [4.69, 9.17) is 16.6 Å². The summed E-state index contributed by atoms with van der Waals surface area (Å²) in [6.45, 7) is 3.17. The summed E-state index contributed by atoms with van der Waals surface area (Å²) in [4.78, 5) is 20.5. The second kappa shape index (κ2) is 9.88. The van der Waals surface area contributed by atoms with E-state index in [2.05, 4.69) is 39.8 Å². The van der Waals surface area contributed by atoms with E-state index < -0.39 is 0 Å². The zero-order valence-corrected chi connectivity index (χ0v) is 23.0. The van der Waals surface area contributed by atoms with Crippen LogP contribution in [0.5, 0.6) is 0 Å². The van der Waals surface area contributed by atoms with Crippen LogP contribution in [0, 0.1) is 0 Å². The van der Waals surface area contributed by atoms with Crippen LogP contribution < -0.4 is 5.56 Å². The Bertz CT molecular complexity index is 1600. The molecule has 0 unspecified atom stereocenters. The van der Waals surface area contributed by atoms with E-state index in [0.717, 1.165) is 75.1 Å². The van der Waals surface area contributed by atoms with Gasteiger partial charge in [-0.3, -0.25) is 14.3 Å². The number of benzene rings is 3. The highest BCUT2D eigenvalue weighted by Gasteiger charge is 2.46. The predicted molar refractivity (Wildman–Crippen MR) is 156 cm³/mol. The van der Waals surface area contributed by atoms with Crippen molar-refractivity contribution in [1.82, 2.24) is 14.5 Å². The molecule has 39 heavy (non-hydrogen) atoms. The van der Waals surface area contributed by atoms with Gasteiger partial charge in [0.1, 0.15) is 5.82 Å². The molecule has 2 aliphatic heterocycles. The van der Waals surface area contributed by atoms with E-state index in [0.29, 0.717) is 16.3 Å². The third-order valence-corrected chi connectivity index (χ3v) is 9.76. The molecule has 1 saturated heterocycles. The molecule has 0 atom stereocenters. The molecule has 3 aliphatic rings. The number of fused-ring (bicyclic) bond motifs is 7. The number of likely N-dealkylation sites (tertiary alicyclic amines) is 1. The minimum atomic E-state index is -0.210. The molecule has 5 nitrogen and oxygen atoms in total. The summed E-state index contributed by atoms with van der Waals surface area (Å²) in [5.74, 6) is 1.42. The van der Waals surface area contributed by atoms with Crippen LogP contribution in [0.1, 0.15) is 78.9 Å². The van der Waals surface area contributed by atoms with Gasteiger partial charge in [0.25, 0.3) is 5.56 Å². The van der Waals surface area contributed by atoms with Crippen molar-refractivity contribution in [2.24, 2.45) is 0 Å². The van der Waals surface area contributed by atoms with Gasteiger partial charge in [0, 0.05) is 6.54 Å². The van der Waals surface area contributed by atoms with Gasteiger partial charge in [0.2, 0.25) is 0 Å². The van der Waals surface area contributed by atoms with Gasteiger partial charge in [-0.2, -0.15) is 4.98 Å². The molecule has 3 heterocycles. The maximum absolute atomic E-state index is 13.2. The average molecular weight is 540 g/mol. The fraction of sp³-hybridized carbons (Fsp3) is 0.394. The van der Waals surface area contributed by atoms with Gasteiger partial charge in [-0.15, -0.1) is 0 Å². The minimum absolute atomic E-state index is 0.0906. The Labute approximate surface area is 234 Å². The van der Waals surface area contributed by atoms with Crippen LogP contribution in [0.15, 0.2) is 65.5 Å². The van der Waals surface area contributed by atoms with Crippen LogP contribution in [0.25, 0.3) is 16.6 Å². The maximum Gasteiger partial charge on any atom is 0.282 e. The van der Waals surface area contributed by atoms with Crippen molar-refractivity contribution < 1.29 is 5.11 Å². The summed E-state index contributed by atoms with van der Waals surface area (Å²) in [7, 11) is 0. The normalized spacial score (nSPS) is 18.9. The molecule has 1 aromatic heterocycles. The van der Waals surface area contributed by atoms with Crippen LogP contribution in [0.3, 0.4) is 0 Å². The maximum atomic E-state index is 13.2. The molecule has 0 bridgehead atoms. The first-order valence-corrected chi connectivity index (χ1v) is 14.7. The van der Waals surface area contributed by atoms with Gasteiger partial charge >= 0.3 is 0 Å². The summed E-state index contributed by atoms with van der Waals surface area (Å²) in [6, 6.07) is 21.1. The largest absolute Gasteiger partial charge is 0.392 e. The number of aliphatic hydroxyl groups is 1. The summed E-state index contributed by atoms with van der Waals surface area (Å²) in [6.07, 6.45) is 7.88. The Balaban J connectivity index is 1.22. The molecule has 7 rings (SSSR count). The van der Waals surface area contributed by atoms with E-state index in [1.54, 1.807) is 6.07 Å². The number of nitrogens with zero attached hydrogens (tertiary/aromatic N) is 3. The third kappa shape index (κ3) is 4.14. The zero-order chi connectivity index (χ0) is 26.6. The number of piperidine rings is 1. The lowest BCUT2D eigenvalue weighted by Gasteiger charge is -2.34. The van der Waals surface area contributed by atoms with Gasteiger partial charge < -0.3 is 5.11 Å². The first kappa shape index (κ1) is 25.0. The van der Waals surface area contributed by atoms with E-state index in [9.17, 15) is 9.90 Å². The monoisotopic (exact) mass is 539 g/mol. The highest BCUT2D eigenvalue weighted by atomic mass is 35.5. The number of hydrogen-bond acceptors (Lipinski definition) is 4. The second-order valence-corrected chi connectivity index (χ2v) is 12.1. The first-order chi connectivity index (χ1) is 19.1. The fourth-order valence-corrected chi connectivity index (χ4v) is 7.64.